The number of benzene rings is 2. The van der Waals surface area contributed by atoms with Gasteiger partial charge in [0.2, 0.25) is 23.6 Å². The molecule has 4 amide bonds. The smallest absolute Gasteiger partial charge is 0.245 e. The fraction of sp³-hybridized carbons (Fsp3) is 0.515. The van der Waals surface area contributed by atoms with Crippen molar-refractivity contribution < 1.29 is 34.5 Å². The molecule has 15 heteroatoms. The first-order valence-electron chi connectivity index (χ1n) is 16.2. The zero-order valence-corrected chi connectivity index (χ0v) is 27.4. The van der Waals surface area contributed by atoms with E-state index in [-0.39, 0.29) is 62.2 Å². The molecule has 14 N–H and O–H groups in total. The van der Waals surface area contributed by atoms with E-state index in [0.29, 0.717) is 54.6 Å². The summed E-state index contributed by atoms with van der Waals surface area (Å²) in [6.45, 7) is 0.797. The summed E-state index contributed by atoms with van der Waals surface area (Å²) in [7, 11) is 1.41. The number of phenols is 2. The number of phenolic OH excluding ortho intramolecular Hbond substituents is 2. The quantitative estimate of drug-likeness (QED) is 0.107. The highest BCUT2D eigenvalue weighted by atomic mass is 16.3. The summed E-state index contributed by atoms with van der Waals surface area (Å²) >= 11 is 0. The van der Waals surface area contributed by atoms with Crippen LogP contribution in [0.2, 0.25) is 0 Å². The van der Waals surface area contributed by atoms with E-state index in [2.05, 4.69) is 16.0 Å². The van der Waals surface area contributed by atoms with Crippen LogP contribution < -0.4 is 38.9 Å². The zero-order chi connectivity index (χ0) is 35.4. The number of aliphatic hydroxyl groups excluding tert-OH is 1. The summed E-state index contributed by atoms with van der Waals surface area (Å²) in [4.78, 5) is 53.9. The number of amides is 4. The monoisotopic (exact) mass is 670 g/mol. The number of unbranched alkanes of at least 4 members (excludes halogenated alkanes) is 1. The number of carbonyl (C=O) groups is 4. The molecule has 5 atom stereocenters. The number of fused-ring (bicyclic) bond motifs is 5. The third-order valence-electron chi connectivity index (χ3n) is 8.41. The number of aliphatic hydroxyl groups is 1. The van der Waals surface area contributed by atoms with E-state index >= 15 is 0 Å². The third-order valence-corrected chi connectivity index (χ3v) is 8.41. The molecule has 0 aliphatic carbocycles. The van der Waals surface area contributed by atoms with Gasteiger partial charge in [0.1, 0.15) is 23.6 Å². The largest absolute Gasteiger partial charge is 0.508 e. The van der Waals surface area contributed by atoms with Crippen molar-refractivity contribution in [3.05, 3.63) is 47.5 Å². The predicted octanol–water partition coefficient (Wildman–Crippen LogP) is -1.71. The van der Waals surface area contributed by atoms with E-state index < -0.39 is 42.0 Å². The van der Waals surface area contributed by atoms with Crippen molar-refractivity contribution in [3.63, 3.8) is 0 Å². The molecular weight excluding hydrogens is 620 g/mol. The Morgan fingerprint density at radius 1 is 0.979 bits per heavy atom. The van der Waals surface area contributed by atoms with Crippen LogP contribution in [0, 0.1) is 0 Å². The topological polar surface area (TPSA) is 272 Å². The number of hydrogen-bond donors (Lipinski definition) is 10. The Labute approximate surface area is 280 Å². The van der Waals surface area contributed by atoms with Crippen LogP contribution in [0.15, 0.2) is 36.4 Å². The maximum Gasteiger partial charge on any atom is 0.245 e. The fourth-order valence-corrected chi connectivity index (χ4v) is 5.55. The second-order valence-electron chi connectivity index (χ2n) is 12.2. The number of aromatic hydroxyl groups is 2. The molecule has 0 fully saturated rings. The van der Waals surface area contributed by atoms with Crippen molar-refractivity contribution >= 4 is 23.6 Å². The van der Waals surface area contributed by atoms with Gasteiger partial charge in [0.25, 0.3) is 0 Å². The van der Waals surface area contributed by atoms with Gasteiger partial charge in [0.05, 0.1) is 12.1 Å². The van der Waals surface area contributed by atoms with Crippen molar-refractivity contribution in [2.24, 2.45) is 22.9 Å². The van der Waals surface area contributed by atoms with E-state index in [1.807, 2.05) is 0 Å². The van der Waals surface area contributed by atoms with Crippen molar-refractivity contribution in [3.8, 4) is 22.6 Å². The molecule has 1 heterocycles. The van der Waals surface area contributed by atoms with Crippen LogP contribution in [0.3, 0.4) is 0 Å². The second-order valence-corrected chi connectivity index (χ2v) is 12.2. The normalized spacial score (nSPS) is 19.8. The van der Waals surface area contributed by atoms with Crippen LogP contribution in [0.4, 0.5) is 0 Å². The van der Waals surface area contributed by atoms with Gasteiger partial charge in [0, 0.05) is 65.0 Å². The fourth-order valence-electron chi connectivity index (χ4n) is 5.55. The van der Waals surface area contributed by atoms with Gasteiger partial charge in [-0.3, -0.25) is 19.2 Å². The average Bonchev–Trinajstić information content (AvgIpc) is 3.06. The van der Waals surface area contributed by atoms with Gasteiger partial charge >= 0.3 is 0 Å². The molecule has 0 saturated carbocycles. The lowest BCUT2D eigenvalue weighted by Crippen LogP contribution is -2.57. The Kier molecular flexibility index (Phi) is 14.6. The number of nitrogens with zero attached hydrogens (tertiary/aromatic N) is 1. The highest BCUT2D eigenvalue weighted by Gasteiger charge is 2.35. The lowest BCUT2D eigenvalue weighted by Gasteiger charge is -2.32. The minimum absolute atomic E-state index is 0.0515. The molecule has 2 aromatic carbocycles. The van der Waals surface area contributed by atoms with Crippen molar-refractivity contribution in [1.82, 2.24) is 20.9 Å². The van der Waals surface area contributed by atoms with Crippen LogP contribution in [0.5, 0.6) is 11.5 Å². The van der Waals surface area contributed by atoms with Crippen LogP contribution in [-0.2, 0) is 32.0 Å². The molecule has 2 aromatic rings. The molecule has 0 radical (unpaired) electrons. The van der Waals surface area contributed by atoms with Gasteiger partial charge in [-0.15, -0.1) is 0 Å². The Hall–Kier alpha value is -4.28. The average molecular weight is 671 g/mol. The summed E-state index contributed by atoms with van der Waals surface area (Å²) in [6.07, 6.45) is 0.393. The van der Waals surface area contributed by atoms with Gasteiger partial charge in [-0.25, -0.2) is 0 Å². The summed E-state index contributed by atoms with van der Waals surface area (Å²) < 4.78 is 0. The van der Waals surface area contributed by atoms with Gasteiger partial charge in [-0.05, 0) is 59.4 Å². The highest BCUT2D eigenvalue weighted by molar-refractivity contribution is 5.93. The molecule has 1 aliphatic rings. The molecule has 3 rings (SSSR count). The first kappa shape index (κ1) is 38.2. The third kappa shape index (κ3) is 10.9. The lowest BCUT2D eigenvalue weighted by atomic mass is 9.95. The van der Waals surface area contributed by atoms with Crippen LogP contribution >= 0.6 is 0 Å². The van der Waals surface area contributed by atoms with Crippen molar-refractivity contribution in [2.45, 2.75) is 75.2 Å². The van der Waals surface area contributed by atoms with Crippen molar-refractivity contribution in [1.29, 1.82) is 0 Å². The SMILES string of the molecule is CN1C(=O)[C@H](C[C@@H](O)CN)NC(=O)[C@@H](N)Cc2cc(ccc2O)-c2ccc(O)c(c2)C[C@H]1C(=O)NCCCC[C@H](N)CC(=O)NCCN. The van der Waals surface area contributed by atoms with E-state index in [1.165, 1.54) is 24.1 Å². The van der Waals surface area contributed by atoms with Crippen LogP contribution in [0.25, 0.3) is 11.1 Å². The molecular formula is C33H50N8O7. The number of carbonyl (C=O) groups excluding carboxylic acids is 4. The first-order chi connectivity index (χ1) is 22.8. The van der Waals surface area contributed by atoms with Gasteiger partial charge < -0.3 is 59.1 Å². The van der Waals surface area contributed by atoms with E-state index in [1.54, 1.807) is 24.3 Å². The number of hydrogen-bond acceptors (Lipinski definition) is 11. The molecule has 0 unspecified atom stereocenters. The Bertz CT molecular complexity index is 1420. The molecule has 15 nitrogen and oxygen atoms in total. The number of nitrogens with one attached hydrogen (secondary N) is 3. The zero-order valence-electron chi connectivity index (χ0n) is 27.4. The van der Waals surface area contributed by atoms with E-state index in [4.69, 9.17) is 22.9 Å². The number of rotatable bonds is 13. The predicted molar refractivity (Wildman–Crippen MR) is 180 cm³/mol. The maximum atomic E-state index is 13.9. The van der Waals surface area contributed by atoms with E-state index in [9.17, 15) is 34.5 Å². The van der Waals surface area contributed by atoms with Crippen LogP contribution in [-0.4, -0.2) is 107 Å². The number of nitrogens with two attached hydrogens (primary N) is 4. The van der Waals surface area contributed by atoms with Gasteiger partial charge in [-0.1, -0.05) is 18.6 Å². The number of likely N-dealkylation sites (N-methyl/N-ethyl adjacent to an activating group) is 1. The Balaban J connectivity index is 1.88. The maximum absolute atomic E-state index is 13.9. The van der Waals surface area contributed by atoms with Gasteiger partial charge in [-0.2, -0.15) is 0 Å². The van der Waals surface area contributed by atoms with Crippen molar-refractivity contribution in [2.75, 3.05) is 33.2 Å². The van der Waals surface area contributed by atoms with E-state index in [0.717, 1.165) is 0 Å². The minimum Gasteiger partial charge on any atom is -0.508 e. The molecule has 4 bridgehead atoms. The molecule has 0 aromatic heterocycles. The summed E-state index contributed by atoms with van der Waals surface area (Å²) in [5.41, 5.74) is 25.4. The Morgan fingerprint density at radius 2 is 1.60 bits per heavy atom. The standard InChI is InChI=1S/C33H50N8O7/c1-41-27(32(47)39-10-3-2-4-23(36)16-30(45)38-11-9-34)15-22-13-20(6-8-29(22)44)19-5-7-28(43)21(12-19)14-25(37)31(46)40-26(33(41)48)17-24(42)18-35/h5-8,12-13,23-27,42-44H,2-4,9-11,14-18,34-37H2,1H3,(H,38,45)(H,39,47)(H,40,46)/t23-,24+,25-,26-,27-/m0/s1. The summed E-state index contributed by atoms with van der Waals surface area (Å²) in [6, 6.07) is 5.81. The summed E-state index contributed by atoms with van der Waals surface area (Å²) in [5, 5.41) is 39.8. The first-order valence-corrected chi connectivity index (χ1v) is 16.2. The molecule has 48 heavy (non-hydrogen) atoms. The summed E-state index contributed by atoms with van der Waals surface area (Å²) in [5.74, 6) is -2.19. The molecule has 0 saturated heterocycles. The Morgan fingerprint density at radius 3 is 2.21 bits per heavy atom. The second kappa shape index (κ2) is 18.3. The lowest BCUT2D eigenvalue weighted by molar-refractivity contribution is -0.142. The van der Waals surface area contributed by atoms with Crippen LogP contribution in [0.1, 0.15) is 43.2 Å². The van der Waals surface area contributed by atoms with Gasteiger partial charge in [0.15, 0.2) is 0 Å². The molecule has 1 aliphatic heterocycles. The molecule has 264 valence electrons. The highest BCUT2D eigenvalue weighted by Crippen LogP contribution is 2.31. The minimum atomic E-state index is -1.28. The molecule has 0 spiro atoms.